The van der Waals surface area contributed by atoms with E-state index < -0.39 is 5.97 Å². The van der Waals surface area contributed by atoms with E-state index in [0.717, 1.165) is 47.2 Å². The molecular weight excluding hydrogens is 428 g/mol. The number of hydrogen-bond acceptors (Lipinski definition) is 4. The van der Waals surface area contributed by atoms with Gasteiger partial charge in [0.1, 0.15) is 5.75 Å². The van der Waals surface area contributed by atoms with Gasteiger partial charge in [-0.1, -0.05) is 72.8 Å². The molecule has 2 N–H and O–H groups in total. The molecule has 1 amide bonds. The van der Waals surface area contributed by atoms with Gasteiger partial charge in [0.05, 0.1) is 5.71 Å². The summed E-state index contributed by atoms with van der Waals surface area (Å²) in [6.07, 6.45) is 3.88. The quantitative estimate of drug-likeness (QED) is 0.353. The monoisotopic (exact) mass is 456 g/mol. The SMILES string of the molecule is O=C(O)COc1cccc2c1CCCC2CCC(=O)NN=C(c1ccccc1)c1ccccc1. The van der Waals surface area contributed by atoms with Crippen LogP contribution >= 0.6 is 0 Å². The Morgan fingerprint density at radius 2 is 1.62 bits per heavy atom. The van der Waals surface area contributed by atoms with Crippen LogP contribution in [-0.2, 0) is 16.0 Å². The maximum absolute atomic E-state index is 12.7. The fourth-order valence-corrected chi connectivity index (χ4v) is 4.46. The van der Waals surface area contributed by atoms with E-state index in [4.69, 9.17) is 9.84 Å². The van der Waals surface area contributed by atoms with Gasteiger partial charge in [0.2, 0.25) is 5.91 Å². The number of carbonyl (C=O) groups is 2. The Hall–Kier alpha value is -3.93. The number of aliphatic carboxylic acids is 1. The van der Waals surface area contributed by atoms with Crippen molar-refractivity contribution < 1.29 is 19.4 Å². The summed E-state index contributed by atoms with van der Waals surface area (Å²) < 4.78 is 5.49. The summed E-state index contributed by atoms with van der Waals surface area (Å²) >= 11 is 0. The Morgan fingerprint density at radius 3 is 2.26 bits per heavy atom. The highest BCUT2D eigenvalue weighted by Crippen LogP contribution is 2.39. The lowest BCUT2D eigenvalue weighted by Gasteiger charge is -2.27. The third kappa shape index (κ3) is 5.90. The van der Waals surface area contributed by atoms with Gasteiger partial charge in [-0.2, -0.15) is 5.10 Å². The highest BCUT2D eigenvalue weighted by atomic mass is 16.5. The minimum Gasteiger partial charge on any atom is -0.482 e. The maximum Gasteiger partial charge on any atom is 0.341 e. The molecular formula is C28H28N2O4. The van der Waals surface area contributed by atoms with Crippen LogP contribution in [0.15, 0.2) is 84.0 Å². The van der Waals surface area contributed by atoms with E-state index in [2.05, 4.69) is 16.6 Å². The molecule has 1 unspecified atom stereocenters. The third-order valence-corrected chi connectivity index (χ3v) is 6.05. The molecule has 3 aromatic rings. The van der Waals surface area contributed by atoms with E-state index in [0.29, 0.717) is 18.6 Å². The molecule has 0 saturated carbocycles. The van der Waals surface area contributed by atoms with Gasteiger partial charge in [-0.15, -0.1) is 0 Å². The van der Waals surface area contributed by atoms with Crippen molar-refractivity contribution in [3.05, 3.63) is 101 Å². The number of amides is 1. The second-order valence-electron chi connectivity index (χ2n) is 8.36. The number of carboxylic acids is 1. The molecule has 0 bridgehead atoms. The van der Waals surface area contributed by atoms with E-state index in [1.54, 1.807) is 0 Å². The van der Waals surface area contributed by atoms with Crippen LogP contribution in [0.25, 0.3) is 0 Å². The number of benzene rings is 3. The van der Waals surface area contributed by atoms with Crippen molar-refractivity contribution in [3.63, 3.8) is 0 Å². The van der Waals surface area contributed by atoms with Crippen LogP contribution in [-0.4, -0.2) is 29.3 Å². The van der Waals surface area contributed by atoms with Crippen molar-refractivity contribution in [3.8, 4) is 5.75 Å². The van der Waals surface area contributed by atoms with Crippen LogP contribution in [0, 0.1) is 0 Å². The van der Waals surface area contributed by atoms with Crippen molar-refractivity contribution in [2.24, 2.45) is 5.10 Å². The molecule has 1 aliphatic rings. The molecule has 6 nitrogen and oxygen atoms in total. The van der Waals surface area contributed by atoms with Gasteiger partial charge in [0.15, 0.2) is 6.61 Å². The van der Waals surface area contributed by atoms with Crippen molar-refractivity contribution in [1.29, 1.82) is 0 Å². The number of nitrogens with one attached hydrogen (secondary N) is 1. The van der Waals surface area contributed by atoms with Gasteiger partial charge in [-0.25, -0.2) is 10.2 Å². The zero-order valence-electron chi connectivity index (χ0n) is 18.9. The summed E-state index contributed by atoms with van der Waals surface area (Å²) in [4.78, 5) is 23.6. The molecule has 0 spiro atoms. The van der Waals surface area contributed by atoms with Crippen molar-refractivity contribution in [2.75, 3.05) is 6.61 Å². The molecule has 0 aromatic heterocycles. The van der Waals surface area contributed by atoms with Gasteiger partial charge < -0.3 is 9.84 Å². The van der Waals surface area contributed by atoms with Crippen molar-refractivity contribution in [2.45, 2.75) is 38.0 Å². The minimum absolute atomic E-state index is 0.130. The molecule has 174 valence electrons. The summed E-state index contributed by atoms with van der Waals surface area (Å²) in [5.41, 5.74) is 7.55. The van der Waals surface area contributed by atoms with Crippen LogP contribution in [0.3, 0.4) is 0 Å². The predicted molar refractivity (Wildman–Crippen MR) is 131 cm³/mol. The number of hydrazone groups is 1. The number of fused-ring (bicyclic) bond motifs is 1. The smallest absolute Gasteiger partial charge is 0.341 e. The average molecular weight is 457 g/mol. The van der Waals surface area contributed by atoms with Crippen molar-refractivity contribution >= 4 is 17.6 Å². The topological polar surface area (TPSA) is 88.0 Å². The zero-order chi connectivity index (χ0) is 23.8. The highest BCUT2D eigenvalue weighted by molar-refractivity contribution is 6.13. The predicted octanol–water partition coefficient (Wildman–Crippen LogP) is 4.92. The number of carboxylic acid groups (broad SMARTS) is 1. The zero-order valence-corrected chi connectivity index (χ0v) is 18.9. The van der Waals surface area contributed by atoms with Gasteiger partial charge in [0.25, 0.3) is 0 Å². The van der Waals surface area contributed by atoms with Crippen LogP contribution < -0.4 is 10.2 Å². The molecule has 0 aliphatic heterocycles. The van der Waals surface area contributed by atoms with E-state index in [1.165, 1.54) is 0 Å². The maximum atomic E-state index is 12.7. The van der Waals surface area contributed by atoms with Gasteiger partial charge in [-0.05, 0) is 48.8 Å². The average Bonchev–Trinajstić information content (AvgIpc) is 2.87. The van der Waals surface area contributed by atoms with Gasteiger partial charge in [0, 0.05) is 17.5 Å². The van der Waals surface area contributed by atoms with Crippen LogP contribution in [0.5, 0.6) is 5.75 Å². The normalized spacial score (nSPS) is 14.5. The fraction of sp³-hybridized carbons (Fsp3) is 0.250. The Labute approximate surface area is 199 Å². The number of nitrogens with zero attached hydrogens (tertiary/aromatic N) is 1. The van der Waals surface area contributed by atoms with Gasteiger partial charge in [-0.3, -0.25) is 4.79 Å². The van der Waals surface area contributed by atoms with Crippen LogP contribution in [0.2, 0.25) is 0 Å². The largest absolute Gasteiger partial charge is 0.482 e. The van der Waals surface area contributed by atoms with Crippen LogP contribution in [0.4, 0.5) is 0 Å². The first-order chi connectivity index (χ1) is 16.6. The summed E-state index contributed by atoms with van der Waals surface area (Å²) in [5.74, 6) is -0.258. The number of rotatable bonds is 9. The van der Waals surface area contributed by atoms with Gasteiger partial charge >= 0.3 is 5.97 Å². The van der Waals surface area contributed by atoms with E-state index in [9.17, 15) is 9.59 Å². The molecule has 1 aliphatic carbocycles. The third-order valence-electron chi connectivity index (χ3n) is 6.05. The van der Waals surface area contributed by atoms with Crippen molar-refractivity contribution in [1.82, 2.24) is 5.43 Å². The molecule has 0 heterocycles. The molecule has 0 fully saturated rings. The fourth-order valence-electron chi connectivity index (χ4n) is 4.46. The minimum atomic E-state index is -0.993. The van der Waals surface area contributed by atoms with E-state index in [-0.39, 0.29) is 18.4 Å². The van der Waals surface area contributed by atoms with E-state index >= 15 is 0 Å². The first-order valence-electron chi connectivity index (χ1n) is 11.6. The summed E-state index contributed by atoms with van der Waals surface area (Å²) in [6, 6.07) is 25.4. The lowest BCUT2D eigenvalue weighted by Crippen LogP contribution is -2.22. The molecule has 0 radical (unpaired) electrons. The molecule has 3 aromatic carbocycles. The number of ether oxygens (including phenoxy) is 1. The molecule has 0 saturated heterocycles. The Kier molecular flexibility index (Phi) is 7.71. The Morgan fingerprint density at radius 1 is 0.941 bits per heavy atom. The lowest BCUT2D eigenvalue weighted by atomic mass is 9.80. The standard InChI is InChI=1S/C28H28N2O4/c31-26(29-30-28(21-9-3-1-4-10-21)22-11-5-2-6-12-22)18-17-20-13-7-15-24-23(20)14-8-16-25(24)34-19-27(32)33/h1-6,8-12,14,16,20H,7,13,15,17-19H2,(H,29,31)(H,32,33). The Bertz CT molecular complexity index is 1120. The summed E-state index contributed by atoms with van der Waals surface area (Å²) in [6.45, 7) is -0.354. The number of carbonyl (C=O) groups excluding carboxylic acids is 1. The van der Waals surface area contributed by atoms with Crippen LogP contribution in [0.1, 0.15) is 53.9 Å². The second-order valence-corrected chi connectivity index (χ2v) is 8.36. The lowest BCUT2D eigenvalue weighted by molar-refractivity contribution is -0.139. The first kappa shape index (κ1) is 23.2. The second kappa shape index (κ2) is 11.3. The summed E-state index contributed by atoms with van der Waals surface area (Å²) in [7, 11) is 0. The Balaban J connectivity index is 1.43. The van der Waals surface area contributed by atoms with E-state index in [1.807, 2.05) is 72.8 Å². The molecule has 6 heteroatoms. The number of hydrogen-bond donors (Lipinski definition) is 2. The molecule has 4 rings (SSSR count). The first-order valence-corrected chi connectivity index (χ1v) is 11.6. The molecule has 34 heavy (non-hydrogen) atoms. The summed E-state index contributed by atoms with van der Waals surface area (Å²) in [5, 5.41) is 13.4. The molecule has 1 atom stereocenters. The highest BCUT2D eigenvalue weighted by Gasteiger charge is 2.23.